The van der Waals surface area contributed by atoms with E-state index < -0.39 is 5.97 Å². The van der Waals surface area contributed by atoms with Crippen LogP contribution < -0.4 is 4.74 Å². The first kappa shape index (κ1) is 15.2. The third kappa shape index (κ3) is 3.66. The van der Waals surface area contributed by atoms with Gasteiger partial charge in [-0.05, 0) is 30.3 Å². The zero-order chi connectivity index (χ0) is 15.4. The Bertz CT molecular complexity index is 738. The minimum atomic E-state index is -1.12. The molecule has 0 heterocycles. The van der Waals surface area contributed by atoms with E-state index in [1.165, 1.54) is 12.1 Å². The highest BCUT2D eigenvalue weighted by Gasteiger charge is 2.10. The summed E-state index contributed by atoms with van der Waals surface area (Å²) in [6.45, 7) is 0.158. The standard InChI is InChI=1S/C15H9Cl2NO3/c16-13-4-3-11(6-12(13)15(19)20)21-8-10-2-1-9(7-18)5-14(10)17/h1-6H,8H2,(H,19,20). The lowest BCUT2D eigenvalue weighted by atomic mass is 10.1. The van der Waals surface area contributed by atoms with Crippen LogP contribution in [0.25, 0.3) is 0 Å². The molecule has 0 aliphatic heterocycles. The van der Waals surface area contributed by atoms with Crippen molar-refractivity contribution in [2.45, 2.75) is 6.61 Å². The molecule has 2 aromatic rings. The summed E-state index contributed by atoms with van der Waals surface area (Å²) < 4.78 is 5.50. The van der Waals surface area contributed by atoms with Crippen LogP contribution in [0.5, 0.6) is 5.75 Å². The van der Waals surface area contributed by atoms with Gasteiger partial charge in [0.1, 0.15) is 12.4 Å². The first-order chi connectivity index (χ1) is 10.0. The van der Waals surface area contributed by atoms with Gasteiger partial charge in [-0.25, -0.2) is 4.79 Å². The summed E-state index contributed by atoms with van der Waals surface area (Å²) in [5, 5.41) is 18.3. The minimum absolute atomic E-state index is 0.0277. The Labute approximate surface area is 131 Å². The predicted octanol–water partition coefficient (Wildman–Crippen LogP) is 4.14. The third-order valence-corrected chi connectivity index (χ3v) is 3.43. The van der Waals surface area contributed by atoms with E-state index in [-0.39, 0.29) is 17.2 Å². The van der Waals surface area contributed by atoms with Crippen LogP contribution >= 0.6 is 23.2 Å². The van der Waals surface area contributed by atoms with Crippen molar-refractivity contribution in [3.05, 3.63) is 63.1 Å². The molecule has 0 bridgehead atoms. The van der Waals surface area contributed by atoms with E-state index in [1.54, 1.807) is 24.3 Å². The van der Waals surface area contributed by atoms with E-state index >= 15 is 0 Å². The highest BCUT2D eigenvalue weighted by atomic mass is 35.5. The second-order valence-electron chi connectivity index (χ2n) is 4.15. The zero-order valence-corrected chi connectivity index (χ0v) is 12.1. The lowest BCUT2D eigenvalue weighted by Gasteiger charge is -2.09. The topological polar surface area (TPSA) is 70.3 Å². The zero-order valence-electron chi connectivity index (χ0n) is 10.6. The molecule has 2 aromatic carbocycles. The molecule has 106 valence electrons. The smallest absolute Gasteiger partial charge is 0.337 e. The maximum absolute atomic E-state index is 11.0. The molecule has 0 amide bonds. The molecule has 0 aliphatic carbocycles. The van der Waals surface area contributed by atoms with E-state index in [1.807, 2.05) is 6.07 Å². The quantitative estimate of drug-likeness (QED) is 0.918. The third-order valence-electron chi connectivity index (χ3n) is 2.74. The number of nitriles is 1. The summed E-state index contributed by atoms with van der Waals surface area (Å²) in [5.74, 6) is -0.751. The van der Waals surface area contributed by atoms with Gasteiger partial charge in [0, 0.05) is 10.6 Å². The van der Waals surface area contributed by atoms with Gasteiger partial charge in [0.2, 0.25) is 0 Å². The van der Waals surface area contributed by atoms with Gasteiger partial charge in [-0.3, -0.25) is 0 Å². The van der Waals surface area contributed by atoms with Crippen molar-refractivity contribution in [2.24, 2.45) is 0 Å². The molecule has 1 N–H and O–H groups in total. The molecule has 0 atom stereocenters. The Morgan fingerprint density at radius 2 is 1.95 bits per heavy atom. The molecule has 0 saturated carbocycles. The fourth-order valence-corrected chi connectivity index (χ4v) is 2.09. The summed E-state index contributed by atoms with van der Waals surface area (Å²) in [6, 6.07) is 11.2. The number of carboxylic acids is 1. The monoisotopic (exact) mass is 321 g/mol. The maximum atomic E-state index is 11.0. The van der Waals surface area contributed by atoms with Crippen LogP contribution in [0.2, 0.25) is 10.0 Å². The average Bonchev–Trinajstić information content (AvgIpc) is 2.47. The van der Waals surface area contributed by atoms with E-state index in [2.05, 4.69) is 0 Å². The molecule has 0 aromatic heterocycles. The van der Waals surface area contributed by atoms with Crippen molar-refractivity contribution in [3.8, 4) is 11.8 Å². The summed E-state index contributed by atoms with van der Waals surface area (Å²) in [4.78, 5) is 11.0. The Hall–Kier alpha value is -2.22. The second kappa shape index (κ2) is 6.49. The first-order valence-corrected chi connectivity index (χ1v) is 6.61. The lowest BCUT2D eigenvalue weighted by Crippen LogP contribution is -2.00. The molecule has 21 heavy (non-hydrogen) atoms. The summed E-state index contributed by atoms with van der Waals surface area (Å²) >= 11 is 11.8. The fraction of sp³-hybridized carbons (Fsp3) is 0.0667. The molecule has 0 spiro atoms. The number of carbonyl (C=O) groups is 1. The van der Waals surface area contributed by atoms with Crippen LogP contribution in [0.1, 0.15) is 21.5 Å². The second-order valence-corrected chi connectivity index (χ2v) is 4.97. The highest BCUT2D eigenvalue weighted by Crippen LogP contribution is 2.24. The lowest BCUT2D eigenvalue weighted by molar-refractivity contribution is 0.0696. The number of rotatable bonds is 4. The van der Waals surface area contributed by atoms with Gasteiger partial charge in [-0.1, -0.05) is 29.3 Å². The summed E-state index contributed by atoms with van der Waals surface area (Å²) in [5.41, 5.74) is 1.13. The molecule has 4 nitrogen and oxygen atoms in total. The van der Waals surface area contributed by atoms with Gasteiger partial charge in [-0.15, -0.1) is 0 Å². The molecule has 0 radical (unpaired) electrons. The van der Waals surface area contributed by atoms with Crippen molar-refractivity contribution in [1.82, 2.24) is 0 Å². The van der Waals surface area contributed by atoms with Gasteiger partial charge in [0.25, 0.3) is 0 Å². The molecule has 0 fully saturated rings. The SMILES string of the molecule is N#Cc1ccc(COc2ccc(Cl)c(C(=O)O)c2)c(Cl)c1. The van der Waals surface area contributed by atoms with E-state index in [0.717, 1.165) is 0 Å². The molecule has 0 unspecified atom stereocenters. The number of carboxylic acid groups (broad SMARTS) is 1. The normalized spacial score (nSPS) is 9.95. The van der Waals surface area contributed by atoms with Gasteiger partial charge in [0.15, 0.2) is 0 Å². The Balaban J connectivity index is 2.15. The van der Waals surface area contributed by atoms with E-state index in [0.29, 0.717) is 21.9 Å². The minimum Gasteiger partial charge on any atom is -0.489 e. The van der Waals surface area contributed by atoms with Crippen molar-refractivity contribution in [2.75, 3.05) is 0 Å². The van der Waals surface area contributed by atoms with Crippen molar-refractivity contribution >= 4 is 29.2 Å². The van der Waals surface area contributed by atoms with E-state index in [4.69, 9.17) is 38.3 Å². The molecule has 6 heteroatoms. The Morgan fingerprint density at radius 1 is 1.19 bits per heavy atom. The molecule has 0 saturated heterocycles. The van der Waals surface area contributed by atoms with E-state index in [9.17, 15) is 4.79 Å². The number of hydrogen-bond acceptors (Lipinski definition) is 3. The molecule has 2 rings (SSSR count). The highest BCUT2D eigenvalue weighted by molar-refractivity contribution is 6.33. The number of halogens is 2. The van der Waals surface area contributed by atoms with Crippen LogP contribution in [0.4, 0.5) is 0 Å². The van der Waals surface area contributed by atoms with Crippen LogP contribution in [0, 0.1) is 11.3 Å². The van der Waals surface area contributed by atoms with Crippen LogP contribution in [-0.4, -0.2) is 11.1 Å². The van der Waals surface area contributed by atoms with Crippen molar-refractivity contribution < 1.29 is 14.6 Å². The number of hydrogen-bond donors (Lipinski definition) is 1. The summed E-state index contributed by atoms with van der Waals surface area (Å²) in [6.07, 6.45) is 0. The van der Waals surface area contributed by atoms with Gasteiger partial charge in [-0.2, -0.15) is 5.26 Å². The van der Waals surface area contributed by atoms with Gasteiger partial charge >= 0.3 is 5.97 Å². The molecular formula is C15H9Cl2NO3. The molecular weight excluding hydrogens is 313 g/mol. The van der Waals surface area contributed by atoms with Crippen molar-refractivity contribution in [3.63, 3.8) is 0 Å². The van der Waals surface area contributed by atoms with Gasteiger partial charge < -0.3 is 9.84 Å². The summed E-state index contributed by atoms with van der Waals surface area (Å²) in [7, 11) is 0. The number of nitrogens with zero attached hydrogens (tertiary/aromatic N) is 1. The Kier molecular flexibility index (Phi) is 4.69. The van der Waals surface area contributed by atoms with Crippen molar-refractivity contribution in [1.29, 1.82) is 5.26 Å². The molecule has 0 aliphatic rings. The fourth-order valence-electron chi connectivity index (χ4n) is 1.65. The number of aromatic carboxylic acids is 1. The van der Waals surface area contributed by atoms with Crippen LogP contribution in [-0.2, 0) is 6.61 Å². The number of ether oxygens (including phenoxy) is 1. The predicted molar refractivity (Wildman–Crippen MR) is 78.9 cm³/mol. The first-order valence-electron chi connectivity index (χ1n) is 5.85. The van der Waals surface area contributed by atoms with Gasteiger partial charge in [0.05, 0.1) is 22.2 Å². The van der Waals surface area contributed by atoms with Crippen LogP contribution in [0.3, 0.4) is 0 Å². The number of benzene rings is 2. The van der Waals surface area contributed by atoms with Crippen LogP contribution in [0.15, 0.2) is 36.4 Å². The average molecular weight is 322 g/mol. The largest absolute Gasteiger partial charge is 0.489 e. The maximum Gasteiger partial charge on any atom is 0.337 e. The Morgan fingerprint density at radius 3 is 2.57 bits per heavy atom.